The summed E-state index contributed by atoms with van der Waals surface area (Å²) in [5.41, 5.74) is 4.23. The Morgan fingerprint density at radius 1 is 1.25 bits per heavy atom. The average Bonchev–Trinajstić information content (AvgIpc) is 2.81. The van der Waals surface area contributed by atoms with Gasteiger partial charge in [-0.1, -0.05) is 13.0 Å². The summed E-state index contributed by atoms with van der Waals surface area (Å²) in [7, 11) is 0. The first-order valence-corrected chi connectivity index (χ1v) is 6.36. The highest BCUT2D eigenvalue weighted by Gasteiger charge is 2.12. The zero-order valence-electron chi connectivity index (χ0n) is 10.4. The van der Waals surface area contributed by atoms with Gasteiger partial charge in [0.25, 0.3) is 0 Å². The van der Waals surface area contributed by atoms with Gasteiger partial charge >= 0.3 is 0 Å². The molecule has 1 aromatic rings. The van der Waals surface area contributed by atoms with Crippen molar-refractivity contribution in [1.82, 2.24) is 5.32 Å². The molecule has 1 heterocycles. The molecule has 1 N–H and O–H groups in total. The minimum absolute atomic E-state index is 0.989. The molecule has 1 aromatic carbocycles. The number of nitrogens with one attached hydrogen (secondary N) is 1. The first-order valence-electron chi connectivity index (χ1n) is 6.36. The second-order valence-electron chi connectivity index (χ2n) is 4.59. The van der Waals surface area contributed by atoms with Crippen LogP contribution in [0.5, 0.6) is 0 Å². The minimum Gasteiger partial charge on any atom is -0.372 e. The van der Waals surface area contributed by atoms with Crippen LogP contribution in [0.4, 0.5) is 5.69 Å². The van der Waals surface area contributed by atoms with Gasteiger partial charge in [-0.2, -0.15) is 0 Å². The molecule has 0 spiro atoms. The topological polar surface area (TPSA) is 15.3 Å². The molecule has 88 valence electrons. The SMILES string of the molecule is CCNCc1ccc(N2CCCC2)cc1C. The summed E-state index contributed by atoms with van der Waals surface area (Å²) in [6.45, 7) is 8.84. The van der Waals surface area contributed by atoms with Gasteiger partial charge in [0.2, 0.25) is 0 Å². The van der Waals surface area contributed by atoms with Crippen molar-refractivity contribution in [3.63, 3.8) is 0 Å². The molecule has 2 heteroatoms. The summed E-state index contributed by atoms with van der Waals surface area (Å²) >= 11 is 0. The number of aryl methyl sites for hydroxylation is 1. The molecule has 0 amide bonds. The Bertz CT molecular complexity index is 341. The summed E-state index contributed by atoms with van der Waals surface area (Å²) in [6.07, 6.45) is 2.69. The Morgan fingerprint density at radius 2 is 2.00 bits per heavy atom. The first-order chi connectivity index (χ1) is 7.81. The molecule has 0 bridgehead atoms. The van der Waals surface area contributed by atoms with E-state index in [0.717, 1.165) is 13.1 Å². The van der Waals surface area contributed by atoms with Crippen molar-refractivity contribution in [2.45, 2.75) is 33.2 Å². The van der Waals surface area contributed by atoms with Crippen LogP contribution in [0.3, 0.4) is 0 Å². The third-order valence-corrected chi connectivity index (χ3v) is 3.36. The number of benzene rings is 1. The largest absolute Gasteiger partial charge is 0.372 e. The van der Waals surface area contributed by atoms with Crippen LogP contribution < -0.4 is 10.2 Å². The fraction of sp³-hybridized carbons (Fsp3) is 0.571. The van der Waals surface area contributed by atoms with Crippen LogP contribution in [0.15, 0.2) is 18.2 Å². The van der Waals surface area contributed by atoms with Crippen molar-refractivity contribution in [3.05, 3.63) is 29.3 Å². The van der Waals surface area contributed by atoms with Crippen LogP contribution in [-0.4, -0.2) is 19.6 Å². The Kier molecular flexibility index (Phi) is 3.83. The van der Waals surface area contributed by atoms with Crippen LogP contribution in [-0.2, 0) is 6.54 Å². The maximum Gasteiger partial charge on any atom is 0.0369 e. The molecule has 0 saturated carbocycles. The van der Waals surface area contributed by atoms with E-state index in [4.69, 9.17) is 0 Å². The van der Waals surface area contributed by atoms with E-state index in [1.54, 1.807) is 0 Å². The van der Waals surface area contributed by atoms with Gasteiger partial charge in [-0.05, 0) is 49.6 Å². The highest BCUT2D eigenvalue weighted by Crippen LogP contribution is 2.22. The number of hydrogen-bond acceptors (Lipinski definition) is 2. The number of hydrogen-bond donors (Lipinski definition) is 1. The van der Waals surface area contributed by atoms with E-state index >= 15 is 0 Å². The van der Waals surface area contributed by atoms with Gasteiger partial charge in [0, 0.05) is 25.3 Å². The number of nitrogens with zero attached hydrogens (tertiary/aromatic N) is 1. The standard InChI is InChI=1S/C14H22N2/c1-3-15-11-13-6-7-14(10-12(13)2)16-8-4-5-9-16/h6-7,10,15H,3-5,8-9,11H2,1-2H3. The zero-order chi connectivity index (χ0) is 11.4. The van der Waals surface area contributed by atoms with E-state index in [1.165, 1.54) is 42.7 Å². The predicted molar refractivity (Wildman–Crippen MR) is 70.0 cm³/mol. The first kappa shape index (κ1) is 11.5. The second kappa shape index (κ2) is 5.35. The summed E-state index contributed by atoms with van der Waals surface area (Å²) in [4.78, 5) is 2.49. The second-order valence-corrected chi connectivity index (χ2v) is 4.59. The van der Waals surface area contributed by atoms with E-state index in [1.807, 2.05) is 0 Å². The van der Waals surface area contributed by atoms with Crippen molar-refractivity contribution in [3.8, 4) is 0 Å². The molecule has 16 heavy (non-hydrogen) atoms. The molecule has 1 aliphatic rings. The molecule has 0 unspecified atom stereocenters. The van der Waals surface area contributed by atoms with Gasteiger partial charge in [-0.3, -0.25) is 0 Å². The lowest BCUT2D eigenvalue weighted by molar-refractivity contribution is 0.723. The summed E-state index contributed by atoms with van der Waals surface area (Å²) < 4.78 is 0. The lowest BCUT2D eigenvalue weighted by Gasteiger charge is -2.19. The lowest BCUT2D eigenvalue weighted by atomic mass is 10.1. The minimum atomic E-state index is 0.989. The quantitative estimate of drug-likeness (QED) is 0.836. The third-order valence-electron chi connectivity index (χ3n) is 3.36. The van der Waals surface area contributed by atoms with Crippen molar-refractivity contribution in [2.75, 3.05) is 24.5 Å². The van der Waals surface area contributed by atoms with Crippen molar-refractivity contribution in [2.24, 2.45) is 0 Å². The molecule has 0 atom stereocenters. The van der Waals surface area contributed by atoms with Crippen LogP contribution >= 0.6 is 0 Å². The Balaban J connectivity index is 2.09. The number of anilines is 1. The molecule has 1 aliphatic heterocycles. The molecule has 0 aromatic heterocycles. The van der Waals surface area contributed by atoms with Gasteiger partial charge < -0.3 is 10.2 Å². The third kappa shape index (κ3) is 2.56. The zero-order valence-corrected chi connectivity index (χ0v) is 10.4. The molecule has 2 rings (SSSR count). The maximum atomic E-state index is 3.38. The smallest absolute Gasteiger partial charge is 0.0369 e. The van der Waals surface area contributed by atoms with Crippen LogP contribution in [0.2, 0.25) is 0 Å². The molecule has 2 nitrogen and oxygen atoms in total. The van der Waals surface area contributed by atoms with Gasteiger partial charge in [0.05, 0.1) is 0 Å². The molecular weight excluding hydrogens is 196 g/mol. The van der Waals surface area contributed by atoms with Crippen LogP contribution in [0.25, 0.3) is 0 Å². The fourth-order valence-corrected chi connectivity index (χ4v) is 2.31. The summed E-state index contributed by atoms with van der Waals surface area (Å²) in [5, 5.41) is 3.38. The lowest BCUT2D eigenvalue weighted by Crippen LogP contribution is -2.18. The highest BCUT2D eigenvalue weighted by atomic mass is 15.1. The average molecular weight is 218 g/mol. The van der Waals surface area contributed by atoms with Crippen molar-refractivity contribution in [1.29, 1.82) is 0 Å². The van der Waals surface area contributed by atoms with Gasteiger partial charge in [0.15, 0.2) is 0 Å². The maximum absolute atomic E-state index is 3.38. The molecule has 0 radical (unpaired) electrons. The van der Waals surface area contributed by atoms with Crippen molar-refractivity contribution < 1.29 is 0 Å². The predicted octanol–water partition coefficient (Wildman–Crippen LogP) is 2.70. The van der Waals surface area contributed by atoms with Crippen LogP contribution in [0, 0.1) is 6.92 Å². The normalized spacial score (nSPS) is 15.8. The van der Waals surface area contributed by atoms with Crippen molar-refractivity contribution >= 4 is 5.69 Å². The van der Waals surface area contributed by atoms with E-state index in [2.05, 4.69) is 42.3 Å². The molecule has 1 saturated heterocycles. The summed E-state index contributed by atoms with van der Waals surface area (Å²) in [5.74, 6) is 0. The van der Waals surface area contributed by atoms with E-state index in [9.17, 15) is 0 Å². The van der Waals surface area contributed by atoms with Gasteiger partial charge in [-0.25, -0.2) is 0 Å². The molecule has 0 aliphatic carbocycles. The summed E-state index contributed by atoms with van der Waals surface area (Å²) in [6, 6.07) is 6.87. The Morgan fingerprint density at radius 3 is 2.62 bits per heavy atom. The van der Waals surface area contributed by atoms with Gasteiger partial charge in [-0.15, -0.1) is 0 Å². The fourth-order valence-electron chi connectivity index (χ4n) is 2.31. The Hall–Kier alpha value is -1.02. The van der Waals surface area contributed by atoms with Gasteiger partial charge in [0.1, 0.15) is 0 Å². The van der Waals surface area contributed by atoms with E-state index in [0.29, 0.717) is 0 Å². The molecular formula is C14H22N2. The van der Waals surface area contributed by atoms with E-state index in [-0.39, 0.29) is 0 Å². The highest BCUT2D eigenvalue weighted by molar-refractivity contribution is 5.51. The Labute approximate surface area is 98.7 Å². The molecule has 1 fully saturated rings. The monoisotopic (exact) mass is 218 g/mol. The van der Waals surface area contributed by atoms with E-state index < -0.39 is 0 Å². The number of rotatable bonds is 4. The van der Waals surface area contributed by atoms with Crippen LogP contribution in [0.1, 0.15) is 30.9 Å².